The predicted octanol–water partition coefficient (Wildman–Crippen LogP) is 2.74. The zero-order valence-corrected chi connectivity index (χ0v) is 12.7. The molecular formula is C14H29ClN2O. The molecule has 1 fully saturated rings. The maximum Gasteiger partial charge on any atom is 0.233 e. The number of carbonyl (C=O) groups excluding carboxylic acids is 1. The molecule has 0 aliphatic heterocycles. The van der Waals surface area contributed by atoms with Gasteiger partial charge < -0.3 is 10.6 Å². The first-order valence-electron chi connectivity index (χ1n) is 7.23. The average Bonchev–Trinajstić information content (AvgIpc) is 3.13. The van der Waals surface area contributed by atoms with Gasteiger partial charge in [-0.1, -0.05) is 33.1 Å². The third kappa shape index (κ3) is 8.76. The van der Waals surface area contributed by atoms with Crippen LogP contribution in [0.15, 0.2) is 0 Å². The highest BCUT2D eigenvalue weighted by Crippen LogP contribution is 2.27. The summed E-state index contributed by atoms with van der Waals surface area (Å²) in [4.78, 5) is 11.6. The van der Waals surface area contributed by atoms with Gasteiger partial charge in [0.2, 0.25) is 5.91 Å². The van der Waals surface area contributed by atoms with Crippen molar-refractivity contribution in [3.63, 3.8) is 0 Å². The Hall–Kier alpha value is -0.280. The zero-order chi connectivity index (χ0) is 12.5. The Kier molecular flexibility index (Phi) is 10.5. The van der Waals surface area contributed by atoms with Crippen molar-refractivity contribution >= 4 is 18.3 Å². The van der Waals surface area contributed by atoms with Crippen LogP contribution in [0, 0.1) is 11.8 Å². The Morgan fingerprint density at radius 1 is 1.33 bits per heavy atom. The molecule has 1 aliphatic rings. The minimum Gasteiger partial charge on any atom is -0.355 e. The molecule has 108 valence electrons. The molecule has 3 nitrogen and oxygen atoms in total. The van der Waals surface area contributed by atoms with Gasteiger partial charge in [-0.25, -0.2) is 0 Å². The quantitative estimate of drug-likeness (QED) is 0.644. The topological polar surface area (TPSA) is 41.1 Å². The third-order valence-corrected chi connectivity index (χ3v) is 3.55. The number of nitrogens with one attached hydrogen (secondary N) is 2. The lowest BCUT2D eigenvalue weighted by Crippen LogP contribution is -2.37. The molecule has 0 heterocycles. The summed E-state index contributed by atoms with van der Waals surface area (Å²) in [6.07, 6.45) is 7.59. The van der Waals surface area contributed by atoms with Gasteiger partial charge in [0.1, 0.15) is 0 Å². The second-order valence-electron chi connectivity index (χ2n) is 5.29. The van der Waals surface area contributed by atoms with E-state index in [0.717, 1.165) is 25.4 Å². The van der Waals surface area contributed by atoms with E-state index in [1.807, 2.05) is 0 Å². The van der Waals surface area contributed by atoms with E-state index in [9.17, 15) is 4.79 Å². The van der Waals surface area contributed by atoms with Gasteiger partial charge in [0.25, 0.3) is 0 Å². The first kappa shape index (κ1) is 17.7. The van der Waals surface area contributed by atoms with Crippen LogP contribution in [0.1, 0.15) is 52.4 Å². The highest BCUT2D eigenvalue weighted by atomic mass is 35.5. The smallest absolute Gasteiger partial charge is 0.233 e. The molecule has 4 heteroatoms. The highest BCUT2D eigenvalue weighted by molar-refractivity contribution is 5.85. The number of unbranched alkanes of at least 4 members (excludes halogenated alkanes) is 1. The Bertz CT molecular complexity index is 220. The molecular weight excluding hydrogens is 248 g/mol. The van der Waals surface area contributed by atoms with Gasteiger partial charge in [-0.05, 0) is 37.6 Å². The van der Waals surface area contributed by atoms with E-state index in [2.05, 4.69) is 24.5 Å². The lowest BCUT2D eigenvalue weighted by Gasteiger charge is -2.15. The molecule has 1 rings (SSSR count). The average molecular weight is 277 g/mol. The van der Waals surface area contributed by atoms with Crippen molar-refractivity contribution in [1.29, 1.82) is 0 Å². The molecule has 0 saturated heterocycles. The molecule has 1 amide bonds. The maximum atomic E-state index is 11.6. The summed E-state index contributed by atoms with van der Waals surface area (Å²) in [5, 5.41) is 6.26. The minimum absolute atomic E-state index is 0. The van der Waals surface area contributed by atoms with Crippen LogP contribution in [0.25, 0.3) is 0 Å². The molecule has 0 aromatic rings. The molecule has 0 radical (unpaired) electrons. The normalized spacial score (nSPS) is 15.9. The number of carbonyl (C=O) groups is 1. The number of hydrogen-bond donors (Lipinski definition) is 2. The second kappa shape index (κ2) is 10.6. The lowest BCUT2D eigenvalue weighted by atomic mass is 9.99. The van der Waals surface area contributed by atoms with Gasteiger partial charge >= 0.3 is 0 Å². The van der Waals surface area contributed by atoms with E-state index in [1.165, 1.54) is 32.1 Å². The molecule has 1 saturated carbocycles. The van der Waals surface area contributed by atoms with E-state index in [-0.39, 0.29) is 18.3 Å². The van der Waals surface area contributed by atoms with Crippen molar-refractivity contribution in [1.82, 2.24) is 10.6 Å². The molecule has 2 N–H and O–H groups in total. The summed E-state index contributed by atoms with van der Waals surface area (Å²) in [6, 6.07) is 0. The maximum absolute atomic E-state index is 11.6. The molecule has 1 aliphatic carbocycles. The fourth-order valence-electron chi connectivity index (χ4n) is 1.98. The molecule has 0 aromatic carbocycles. The van der Waals surface area contributed by atoms with E-state index < -0.39 is 0 Å². The van der Waals surface area contributed by atoms with Crippen molar-refractivity contribution in [3.8, 4) is 0 Å². The Morgan fingerprint density at radius 2 is 2.06 bits per heavy atom. The van der Waals surface area contributed by atoms with Gasteiger partial charge in [-0.15, -0.1) is 12.4 Å². The largest absolute Gasteiger partial charge is 0.355 e. The van der Waals surface area contributed by atoms with Crippen molar-refractivity contribution in [2.75, 3.05) is 19.6 Å². The molecule has 1 unspecified atom stereocenters. The monoisotopic (exact) mass is 276 g/mol. The minimum atomic E-state index is 0. The van der Waals surface area contributed by atoms with Crippen LogP contribution in [-0.2, 0) is 4.79 Å². The first-order chi connectivity index (χ1) is 8.26. The molecule has 0 bridgehead atoms. The molecule has 18 heavy (non-hydrogen) atoms. The summed E-state index contributed by atoms with van der Waals surface area (Å²) in [7, 11) is 0. The SMILES string of the molecule is CCCCC(CC)CNC(=O)CNCC1CC1.Cl. The van der Waals surface area contributed by atoms with E-state index in [0.29, 0.717) is 12.5 Å². The number of hydrogen-bond acceptors (Lipinski definition) is 2. The number of halogens is 1. The van der Waals surface area contributed by atoms with Crippen LogP contribution < -0.4 is 10.6 Å². The van der Waals surface area contributed by atoms with Gasteiger partial charge in [-0.3, -0.25) is 4.79 Å². The molecule has 0 aromatic heterocycles. The molecule has 1 atom stereocenters. The zero-order valence-electron chi connectivity index (χ0n) is 11.8. The fraction of sp³-hybridized carbons (Fsp3) is 0.929. The van der Waals surface area contributed by atoms with Crippen molar-refractivity contribution in [2.24, 2.45) is 11.8 Å². The van der Waals surface area contributed by atoms with Crippen LogP contribution in [0.4, 0.5) is 0 Å². The van der Waals surface area contributed by atoms with Gasteiger partial charge in [-0.2, -0.15) is 0 Å². The summed E-state index contributed by atoms with van der Waals surface area (Å²) in [5.41, 5.74) is 0. The van der Waals surface area contributed by atoms with Gasteiger partial charge in [0, 0.05) is 6.54 Å². The highest BCUT2D eigenvalue weighted by Gasteiger charge is 2.20. The second-order valence-corrected chi connectivity index (χ2v) is 5.29. The summed E-state index contributed by atoms with van der Waals surface area (Å²) in [6.45, 7) is 6.77. The summed E-state index contributed by atoms with van der Waals surface area (Å²) < 4.78 is 0. The van der Waals surface area contributed by atoms with Crippen LogP contribution in [0.2, 0.25) is 0 Å². The predicted molar refractivity (Wildman–Crippen MR) is 79.2 cm³/mol. The standard InChI is InChI=1S/C14H28N2O.ClH/c1-3-5-6-12(4-2)10-16-14(17)11-15-9-13-7-8-13;/h12-13,15H,3-11H2,1-2H3,(H,16,17);1H. The van der Waals surface area contributed by atoms with Gasteiger partial charge in [0.05, 0.1) is 6.54 Å². The van der Waals surface area contributed by atoms with Crippen LogP contribution in [0.5, 0.6) is 0 Å². The van der Waals surface area contributed by atoms with Crippen molar-refractivity contribution in [2.45, 2.75) is 52.4 Å². The Morgan fingerprint density at radius 3 is 2.61 bits per heavy atom. The van der Waals surface area contributed by atoms with Gasteiger partial charge in [0.15, 0.2) is 0 Å². The van der Waals surface area contributed by atoms with Crippen LogP contribution in [-0.4, -0.2) is 25.5 Å². The van der Waals surface area contributed by atoms with Crippen LogP contribution >= 0.6 is 12.4 Å². The van der Waals surface area contributed by atoms with Crippen molar-refractivity contribution < 1.29 is 4.79 Å². The molecule has 0 spiro atoms. The van der Waals surface area contributed by atoms with E-state index in [4.69, 9.17) is 0 Å². The third-order valence-electron chi connectivity index (χ3n) is 3.55. The first-order valence-corrected chi connectivity index (χ1v) is 7.23. The van der Waals surface area contributed by atoms with Crippen molar-refractivity contribution in [3.05, 3.63) is 0 Å². The lowest BCUT2D eigenvalue weighted by molar-refractivity contribution is -0.120. The summed E-state index contributed by atoms with van der Waals surface area (Å²) in [5.74, 6) is 1.65. The fourth-order valence-corrected chi connectivity index (χ4v) is 1.98. The van der Waals surface area contributed by atoms with Crippen LogP contribution in [0.3, 0.4) is 0 Å². The Labute approximate surface area is 118 Å². The Balaban J connectivity index is 0.00000289. The number of amides is 1. The van der Waals surface area contributed by atoms with E-state index >= 15 is 0 Å². The number of rotatable bonds is 10. The van der Waals surface area contributed by atoms with E-state index in [1.54, 1.807) is 0 Å². The summed E-state index contributed by atoms with van der Waals surface area (Å²) >= 11 is 0.